The van der Waals surface area contributed by atoms with E-state index in [4.69, 9.17) is 4.42 Å². The molecular weight excluding hydrogens is 456 g/mol. The van der Waals surface area contributed by atoms with Gasteiger partial charge in [-0.25, -0.2) is 15.4 Å². The summed E-state index contributed by atoms with van der Waals surface area (Å²) in [6.07, 6.45) is 2.91. The lowest BCUT2D eigenvalue weighted by atomic mass is 9.87. The molecule has 0 radical (unpaired) electrons. The molecule has 1 aliphatic heterocycles. The molecule has 4 rings (SSSR count). The Hall–Kier alpha value is -5.00. The van der Waals surface area contributed by atoms with E-state index in [1.54, 1.807) is 19.1 Å². The number of nitrogens with one attached hydrogen (secondary N) is 2. The lowest BCUT2D eigenvalue weighted by Gasteiger charge is -2.28. The van der Waals surface area contributed by atoms with E-state index in [2.05, 4.69) is 25.8 Å². The number of anilines is 1. The molecule has 1 amide bonds. The highest BCUT2D eigenvalue weighted by atomic mass is 16.6. The van der Waals surface area contributed by atoms with Crippen molar-refractivity contribution in [3.63, 3.8) is 0 Å². The second kappa shape index (κ2) is 9.87. The highest BCUT2D eigenvalue weighted by Crippen LogP contribution is 2.38. The average Bonchev–Trinajstić information content (AvgIpc) is 3.32. The zero-order valence-corrected chi connectivity index (χ0v) is 18.3. The number of hydrazone groups is 1. The smallest absolute Gasteiger partial charge is 0.271 e. The van der Waals surface area contributed by atoms with Crippen molar-refractivity contribution in [3.8, 4) is 11.5 Å². The molecule has 1 aromatic heterocycles. The van der Waals surface area contributed by atoms with Crippen molar-refractivity contribution < 1.29 is 24.3 Å². The van der Waals surface area contributed by atoms with Gasteiger partial charge in [0.2, 0.25) is 11.9 Å². The molecule has 0 aliphatic carbocycles. The molecule has 4 N–H and O–H groups in total. The molecule has 0 fully saturated rings. The molecule has 0 spiro atoms. The van der Waals surface area contributed by atoms with Gasteiger partial charge in [0.1, 0.15) is 23.2 Å². The van der Waals surface area contributed by atoms with Gasteiger partial charge in [0.15, 0.2) is 0 Å². The number of aromatic hydroxyl groups is 2. The monoisotopic (exact) mass is 476 g/mol. The van der Waals surface area contributed by atoms with E-state index in [1.807, 2.05) is 0 Å². The van der Waals surface area contributed by atoms with Crippen LogP contribution in [-0.4, -0.2) is 38.9 Å². The fourth-order valence-corrected chi connectivity index (χ4v) is 3.55. The SMILES string of the molecule is CC1=NC(N/N=C/c2ccco2)=NC(c2ccc(O)cc2O)C1C(=O)Nc1cccc([N+](=O)[O-])c1. The van der Waals surface area contributed by atoms with E-state index in [0.29, 0.717) is 11.5 Å². The van der Waals surface area contributed by atoms with Crippen LogP contribution in [0.4, 0.5) is 11.4 Å². The summed E-state index contributed by atoms with van der Waals surface area (Å²) in [7, 11) is 0. The molecular formula is C23H20N6O6. The second-order valence-corrected chi connectivity index (χ2v) is 7.55. The van der Waals surface area contributed by atoms with Crippen molar-refractivity contribution in [3.05, 3.63) is 82.3 Å². The van der Waals surface area contributed by atoms with Gasteiger partial charge in [0.25, 0.3) is 5.69 Å². The molecule has 12 nitrogen and oxygen atoms in total. The maximum Gasteiger partial charge on any atom is 0.271 e. The minimum Gasteiger partial charge on any atom is -0.508 e. The number of hydrogen-bond acceptors (Lipinski definition) is 10. The maximum atomic E-state index is 13.3. The molecule has 178 valence electrons. The number of nitro benzene ring substituents is 1. The van der Waals surface area contributed by atoms with Gasteiger partial charge in [0, 0.05) is 35.2 Å². The average molecular weight is 476 g/mol. The number of rotatable bonds is 6. The summed E-state index contributed by atoms with van der Waals surface area (Å²) >= 11 is 0. The topological polar surface area (TPSA) is 175 Å². The number of nitro groups is 1. The molecule has 2 heterocycles. The van der Waals surface area contributed by atoms with Gasteiger partial charge in [-0.2, -0.15) is 5.10 Å². The summed E-state index contributed by atoms with van der Waals surface area (Å²) in [4.78, 5) is 32.6. The molecule has 1 aliphatic rings. The predicted octanol–water partition coefficient (Wildman–Crippen LogP) is 3.35. The van der Waals surface area contributed by atoms with Crippen LogP contribution in [0, 0.1) is 16.0 Å². The van der Waals surface area contributed by atoms with Crippen LogP contribution < -0.4 is 10.7 Å². The molecule has 2 aromatic carbocycles. The largest absolute Gasteiger partial charge is 0.508 e. The van der Waals surface area contributed by atoms with E-state index < -0.39 is 22.8 Å². The second-order valence-electron chi connectivity index (χ2n) is 7.55. The summed E-state index contributed by atoms with van der Waals surface area (Å²) < 4.78 is 5.17. The van der Waals surface area contributed by atoms with Gasteiger partial charge in [-0.1, -0.05) is 6.07 Å². The number of nitrogens with zero attached hydrogens (tertiary/aromatic N) is 4. The number of carbonyl (C=O) groups is 1. The van der Waals surface area contributed by atoms with Crippen molar-refractivity contribution in [2.75, 3.05) is 5.32 Å². The first-order valence-corrected chi connectivity index (χ1v) is 10.3. The number of benzene rings is 2. The van der Waals surface area contributed by atoms with Crippen LogP contribution in [0.2, 0.25) is 0 Å². The Bertz CT molecular complexity index is 1350. The zero-order valence-electron chi connectivity index (χ0n) is 18.3. The summed E-state index contributed by atoms with van der Waals surface area (Å²) in [6, 6.07) is 12.0. The highest BCUT2D eigenvalue weighted by molar-refractivity contribution is 6.13. The molecule has 2 unspecified atom stereocenters. The van der Waals surface area contributed by atoms with E-state index in [-0.39, 0.29) is 34.4 Å². The van der Waals surface area contributed by atoms with Crippen molar-refractivity contribution in [2.45, 2.75) is 13.0 Å². The lowest BCUT2D eigenvalue weighted by molar-refractivity contribution is -0.384. The van der Waals surface area contributed by atoms with E-state index in [9.17, 15) is 25.1 Å². The first-order valence-electron chi connectivity index (χ1n) is 10.3. The van der Waals surface area contributed by atoms with Crippen LogP contribution in [0.15, 0.2) is 80.4 Å². The Balaban J connectivity index is 1.65. The van der Waals surface area contributed by atoms with Gasteiger partial charge in [-0.3, -0.25) is 14.9 Å². The molecule has 2 atom stereocenters. The van der Waals surface area contributed by atoms with Crippen LogP contribution in [0.5, 0.6) is 11.5 Å². The Morgan fingerprint density at radius 1 is 1.20 bits per heavy atom. The quantitative estimate of drug-likeness (QED) is 0.240. The normalized spacial score (nSPS) is 17.5. The Morgan fingerprint density at radius 3 is 2.74 bits per heavy atom. The van der Waals surface area contributed by atoms with Crippen LogP contribution in [0.25, 0.3) is 0 Å². The third-order valence-electron chi connectivity index (χ3n) is 5.15. The number of amides is 1. The summed E-state index contributed by atoms with van der Waals surface area (Å²) in [5, 5.41) is 37.9. The summed E-state index contributed by atoms with van der Waals surface area (Å²) in [5.41, 5.74) is 3.36. The van der Waals surface area contributed by atoms with E-state index in [0.717, 1.165) is 6.07 Å². The fourth-order valence-electron chi connectivity index (χ4n) is 3.55. The number of hydrogen-bond donors (Lipinski definition) is 4. The first kappa shape index (κ1) is 23.2. The number of guanidine groups is 1. The minimum atomic E-state index is -0.968. The van der Waals surface area contributed by atoms with Crippen LogP contribution in [0.1, 0.15) is 24.3 Å². The van der Waals surface area contributed by atoms with Crippen LogP contribution >= 0.6 is 0 Å². The van der Waals surface area contributed by atoms with Gasteiger partial charge in [-0.15, -0.1) is 0 Å². The number of furan rings is 1. The first-order chi connectivity index (χ1) is 16.8. The molecule has 0 bridgehead atoms. The summed E-state index contributed by atoms with van der Waals surface area (Å²) in [5.74, 6) is -1.34. The van der Waals surface area contributed by atoms with Crippen molar-refractivity contribution in [1.29, 1.82) is 0 Å². The van der Waals surface area contributed by atoms with Gasteiger partial charge >= 0.3 is 0 Å². The molecule has 3 aromatic rings. The number of carbonyl (C=O) groups excluding carboxylic acids is 1. The van der Waals surface area contributed by atoms with E-state index in [1.165, 1.54) is 48.9 Å². The fraction of sp³-hybridized carbons (Fsp3) is 0.130. The van der Waals surface area contributed by atoms with Crippen molar-refractivity contribution in [2.24, 2.45) is 21.0 Å². The van der Waals surface area contributed by atoms with Crippen LogP contribution in [-0.2, 0) is 4.79 Å². The Labute approximate surface area is 198 Å². The number of non-ortho nitro benzene ring substituents is 1. The number of aliphatic imine (C=N–C) groups is 2. The molecule has 0 saturated carbocycles. The van der Waals surface area contributed by atoms with Crippen molar-refractivity contribution in [1.82, 2.24) is 5.43 Å². The summed E-state index contributed by atoms with van der Waals surface area (Å²) in [6.45, 7) is 1.62. The predicted molar refractivity (Wildman–Crippen MR) is 128 cm³/mol. The zero-order chi connectivity index (χ0) is 24.9. The molecule has 0 saturated heterocycles. The van der Waals surface area contributed by atoms with Gasteiger partial charge in [0.05, 0.1) is 23.4 Å². The number of phenolic OH excluding ortho intramolecular Hbond substituents is 2. The number of phenols is 2. The Morgan fingerprint density at radius 2 is 2.03 bits per heavy atom. The molecule has 35 heavy (non-hydrogen) atoms. The van der Waals surface area contributed by atoms with Gasteiger partial charge < -0.3 is 19.9 Å². The highest BCUT2D eigenvalue weighted by Gasteiger charge is 2.37. The third-order valence-corrected chi connectivity index (χ3v) is 5.15. The lowest BCUT2D eigenvalue weighted by Crippen LogP contribution is -2.37. The van der Waals surface area contributed by atoms with E-state index >= 15 is 0 Å². The Kier molecular flexibility index (Phi) is 6.53. The minimum absolute atomic E-state index is 0.0854. The van der Waals surface area contributed by atoms with Crippen molar-refractivity contribution >= 4 is 35.2 Å². The third kappa shape index (κ3) is 5.33. The standard InChI is InChI=1S/C23H20N6O6/c1-13-20(22(32)26-14-4-2-5-15(10-14)29(33)34)21(18-8-7-16(30)11-19(18)31)27-23(25-13)28-24-12-17-6-3-9-35-17/h2-12,20-21,30-31H,1H3,(H,26,32)(H,27,28)/b24-12+. The molecule has 12 heteroatoms. The van der Waals surface area contributed by atoms with Gasteiger partial charge in [-0.05, 0) is 37.3 Å². The van der Waals surface area contributed by atoms with Crippen LogP contribution in [0.3, 0.4) is 0 Å². The maximum absolute atomic E-state index is 13.3.